The Balaban J connectivity index is 2.47. The monoisotopic (exact) mass is 321 g/mol. The molecule has 0 aliphatic heterocycles. The van der Waals surface area contributed by atoms with E-state index in [1.54, 1.807) is 23.6 Å². The minimum Gasteiger partial charge on any atom is -0.544 e. The fourth-order valence-electron chi connectivity index (χ4n) is 2.45. The molecule has 0 saturated carbocycles. The Bertz CT molecular complexity index is 479. The van der Waals surface area contributed by atoms with Crippen LogP contribution in [0.3, 0.4) is 0 Å². The molecule has 0 aliphatic carbocycles. The van der Waals surface area contributed by atoms with Crippen LogP contribution in [0.4, 0.5) is 5.69 Å². The van der Waals surface area contributed by atoms with Crippen molar-refractivity contribution in [1.82, 2.24) is 4.98 Å². The van der Waals surface area contributed by atoms with E-state index in [0.29, 0.717) is 18.2 Å². The summed E-state index contributed by atoms with van der Waals surface area (Å²) in [7, 11) is 0. The van der Waals surface area contributed by atoms with Crippen LogP contribution >= 0.6 is 0 Å². The maximum atomic E-state index is 12.0. The quantitative estimate of drug-likeness (QED) is 0.613. The fraction of sp³-hybridized carbons (Fsp3) is 0.588. The molecule has 1 heterocycles. The Morgan fingerprint density at radius 3 is 2.74 bits per heavy atom. The molecule has 0 spiro atoms. The second-order valence-corrected chi connectivity index (χ2v) is 5.81. The average Bonchev–Trinajstić information content (AvgIpc) is 2.54. The standard InChI is InChI=1S/C17H27N3O3/c1-3-5-7-13(4-2)11-19-15(17(22)23)10-16(21)20-14-8-6-9-18-12-14/h6,8-9,12-13,15,19H,3-5,7,10-11H2,1-2H3,(H,20,21)(H,22,23)/t13-,15+/m0/s1. The summed E-state index contributed by atoms with van der Waals surface area (Å²) in [5.41, 5.74) is 0.559. The van der Waals surface area contributed by atoms with Gasteiger partial charge in [-0.2, -0.15) is 0 Å². The van der Waals surface area contributed by atoms with Gasteiger partial charge in [0, 0.05) is 12.1 Å². The first-order chi connectivity index (χ1) is 11.1. The first-order valence-electron chi connectivity index (χ1n) is 8.30. The molecule has 0 radical (unpaired) electrons. The second kappa shape index (κ2) is 10.7. The van der Waals surface area contributed by atoms with Crippen LogP contribution < -0.4 is 15.7 Å². The number of anilines is 1. The number of rotatable bonds is 11. The lowest BCUT2D eigenvalue weighted by molar-refractivity contribution is -0.687. The van der Waals surface area contributed by atoms with Crippen molar-refractivity contribution in [2.24, 2.45) is 5.92 Å². The molecule has 0 fully saturated rings. The number of aliphatic carboxylic acids is 1. The highest BCUT2D eigenvalue weighted by molar-refractivity contribution is 5.93. The molecule has 0 bridgehead atoms. The lowest BCUT2D eigenvalue weighted by Crippen LogP contribution is -2.94. The lowest BCUT2D eigenvalue weighted by atomic mass is 9.99. The van der Waals surface area contributed by atoms with Gasteiger partial charge < -0.3 is 20.5 Å². The highest BCUT2D eigenvalue weighted by Crippen LogP contribution is 2.10. The van der Waals surface area contributed by atoms with Crippen molar-refractivity contribution in [3.63, 3.8) is 0 Å². The van der Waals surface area contributed by atoms with Crippen LogP contribution in [-0.4, -0.2) is 29.4 Å². The number of unbranched alkanes of at least 4 members (excludes halogenated alkanes) is 1. The normalized spacial score (nSPS) is 13.3. The molecule has 3 N–H and O–H groups in total. The maximum absolute atomic E-state index is 12.0. The molecule has 1 amide bonds. The summed E-state index contributed by atoms with van der Waals surface area (Å²) in [5.74, 6) is -1.07. The summed E-state index contributed by atoms with van der Waals surface area (Å²) in [4.78, 5) is 27.1. The van der Waals surface area contributed by atoms with Crippen molar-refractivity contribution >= 4 is 17.6 Å². The number of nitrogens with one attached hydrogen (secondary N) is 1. The van der Waals surface area contributed by atoms with E-state index >= 15 is 0 Å². The van der Waals surface area contributed by atoms with Gasteiger partial charge in [-0.15, -0.1) is 0 Å². The molecule has 0 aromatic carbocycles. The zero-order chi connectivity index (χ0) is 17.1. The minimum atomic E-state index is -1.20. The molecule has 1 rings (SSSR count). The first-order valence-corrected chi connectivity index (χ1v) is 8.30. The number of carbonyl (C=O) groups is 2. The number of hydrogen-bond donors (Lipinski definition) is 2. The van der Waals surface area contributed by atoms with Gasteiger partial charge in [0.15, 0.2) is 0 Å². The number of quaternary nitrogens is 1. The third kappa shape index (κ3) is 7.74. The van der Waals surface area contributed by atoms with Crippen LogP contribution in [0.15, 0.2) is 24.5 Å². The number of carbonyl (C=O) groups excluding carboxylic acids is 2. The van der Waals surface area contributed by atoms with E-state index in [0.717, 1.165) is 25.7 Å². The van der Waals surface area contributed by atoms with Gasteiger partial charge in [0.2, 0.25) is 5.91 Å². The number of nitrogens with two attached hydrogens (primary N) is 1. The Morgan fingerprint density at radius 1 is 1.39 bits per heavy atom. The van der Waals surface area contributed by atoms with Gasteiger partial charge in [-0.1, -0.05) is 26.7 Å². The second-order valence-electron chi connectivity index (χ2n) is 5.81. The minimum absolute atomic E-state index is 0.110. The molecule has 1 aromatic heterocycles. The molecular formula is C17H27N3O3. The van der Waals surface area contributed by atoms with E-state index in [9.17, 15) is 14.7 Å². The van der Waals surface area contributed by atoms with Crippen LogP contribution in [0.5, 0.6) is 0 Å². The van der Waals surface area contributed by atoms with E-state index in [4.69, 9.17) is 0 Å². The summed E-state index contributed by atoms with van der Waals surface area (Å²) in [6.45, 7) is 4.95. The number of hydrogen-bond acceptors (Lipinski definition) is 4. The number of carboxylic acid groups (broad SMARTS) is 1. The Hall–Kier alpha value is -1.95. The molecule has 1 aromatic rings. The zero-order valence-corrected chi connectivity index (χ0v) is 14.0. The van der Waals surface area contributed by atoms with Crippen LogP contribution in [0.2, 0.25) is 0 Å². The Morgan fingerprint density at radius 2 is 2.17 bits per heavy atom. The molecule has 0 saturated heterocycles. The number of nitrogens with zero attached hydrogens (tertiary/aromatic N) is 1. The number of pyridine rings is 1. The van der Waals surface area contributed by atoms with Crippen molar-refractivity contribution in [1.29, 1.82) is 0 Å². The Labute approximate surface area is 137 Å². The largest absolute Gasteiger partial charge is 0.544 e. The van der Waals surface area contributed by atoms with Crippen LogP contribution in [0.1, 0.15) is 46.0 Å². The van der Waals surface area contributed by atoms with Gasteiger partial charge >= 0.3 is 0 Å². The van der Waals surface area contributed by atoms with Crippen molar-refractivity contribution in [2.75, 3.05) is 11.9 Å². The van der Waals surface area contributed by atoms with Crippen molar-refractivity contribution in [2.45, 2.75) is 52.0 Å². The van der Waals surface area contributed by atoms with Gasteiger partial charge in [0.1, 0.15) is 6.04 Å². The summed E-state index contributed by atoms with van der Waals surface area (Å²) >= 11 is 0. The third-order valence-corrected chi connectivity index (χ3v) is 3.95. The number of carboxylic acids is 1. The van der Waals surface area contributed by atoms with Crippen molar-refractivity contribution in [3.8, 4) is 0 Å². The topological polar surface area (TPSA) is 98.7 Å². The highest BCUT2D eigenvalue weighted by atomic mass is 16.4. The van der Waals surface area contributed by atoms with E-state index < -0.39 is 12.0 Å². The van der Waals surface area contributed by atoms with Gasteiger partial charge in [-0.3, -0.25) is 9.78 Å². The zero-order valence-electron chi connectivity index (χ0n) is 14.0. The van der Waals surface area contributed by atoms with Gasteiger partial charge in [0.05, 0.1) is 30.8 Å². The lowest BCUT2D eigenvalue weighted by Gasteiger charge is -2.20. The molecule has 23 heavy (non-hydrogen) atoms. The number of amides is 1. The first kappa shape index (κ1) is 19.1. The van der Waals surface area contributed by atoms with Crippen molar-refractivity contribution in [3.05, 3.63) is 24.5 Å². The van der Waals surface area contributed by atoms with Gasteiger partial charge in [0.25, 0.3) is 0 Å². The third-order valence-electron chi connectivity index (χ3n) is 3.95. The molecule has 128 valence electrons. The average molecular weight is 321 g/mol. The summed E-state index contributed by atoms with van der Waals surface area (Å²) in [6, 6.07) is 2.56. The Kier molecular flexibility index (Phi) is 8.90. The molecule has 2 atom stereocenters. The van der Waals surface area contributed by atoms with Gasteiger partial charge in [-0.25, -0.2) is 0 Å². The summed E-state index contributed by atoms with van der Waals surface area (Å²) in [6.07, 6.45) is 7.39. The van der Waals surface area contributed by atoms with Crippen LogP contribution in [0, 0.1) is 5.92 Å². The molecule has 6 heteroatoms. The van der Waals surface area contributed by atoms with E-state index in [2.05, 4.69) is 24.1 Å². The SMILES string of the molecule is CCCC[C@H](CC)C[NH2+][C@H](CC(=O)Nc1cccnc1)C(=O)[O-]. The number of aromatic nitrogens is 1. The molecule has 0 aliphatic rings. The van der Waals surface area contributed by atoms with E-state index in [-0.39, 0.29) is 12.3 Å². The smallest absolute Gasteiger partial charge is 0.230 e. The molecule has 6 nitrogen and oxygen atoms in total. The van der Waals surface area contributed by atoms with E-state index in [1.165, 1.54) is 6.20 Å². The fourth-order valence-corrected chi connectivity index (χ4v) is 2.45. The summed E-state index contributed by atoms with van der Waals surface area (Å²) < 4.78 is 0. The van der Waals surface area contributed by atoms with Crippen molar-refractivity contribution < 1.29 is 20.0 Å². The predicted molar refractivity (Wildman–Crippen MR) is 86.4 cm³/mol. The van der Waals surface area contributed by atoms with Crippen LogP contribution in [-0.2, 0) is 9.59 Å². The summed E-state index contributed by atoms with van der Waals surface area (Å²) in [5, 5.41) is 15.6. The highest BCUT2D eigenvalue weighted by Gasteiger charge is 2.20. The molecule has 0 unspecified atom stereocenters. The maximum Gasteiger partial charge on any atom is 0.230 e. The van der Waals surface area contributed by atoms with Crippen LogP contribution in [0.25, 0.3) is 0 Å². The molecular weight excluding hydrogens is 294 g/mol. The van der Waals surface area contributed by atoms with E-state index in [1.807, 2.05) is 0 Å². The predicted octanol–water partition coefficient (Wildman–Crippen LogP) is 0.309. The van der Waals surface area contributed by atoms with Gasteiger partial charge in [-0.05, 0) is 25.0 Å².